The van der Waals surface area contributed by atoms with E-state index in [0.29, 0.717) is 25.0 Å². The molecule has 1 aliphatic rings. The average Bonchev–Trinajstić information content (AvgIpc) is 2.37. The van der Waals surface area contributed by atoms with Crippen molar-refractivity contribution < 1.29 is 14.3 Å². The minimum Gasteiger partial charge on any atom is -0.468 e. The second-order valence-corrected chi connectivity index (χ2v) is 6.09. The Morgan fingerprint density at radius 2 is 2.16 bits per heavy atom. The summed E-state index contributed by atoms with van der Waals surface area (Å²) in [5.41, 5.74) is -0.495. The van der Waals surface area contributed by atoms with Crippen LogP contribution in [-0.4, -0.2) is 38.9 Å². The molecule has 1 N–H and O–H groups in total. The first kappa shape index (κ1) is 16.4. The molecule has 1 saturated carbocycles. The monoisotopic (exact) mass is 271 g/mol. The molecule has 0 spiro atoms. The first-order chi connectivity index (χ1) is 9.04. The van der Waals surface area contributed by atoms with Gasteiger partial charge >= 0.3 is 5.97 Å². The maximum atomic E-state index is 12.2. The average molecular weight is 271 g/mol. The van der Waals surface area contributed by atoms with Crippen LogP contribution in [0.4, 0.5) is 0 Å². The highest BCUT2D eigenvalue weighted by Crippen LogP contribution is 2.36. The van der Waals surface area contributed by atoms with Crippen LogP contribution in [0.1, 0.15) is 46.0 Å². The molecule has 0 aromatic heterocycles. The number of nitrogens with one attached hydrogen (secondary N) is 1. The Balaban J connectivity index is 2.69. The van der Waals surface area contributed by atoms with E-state index in [1.165, 1.54) is 20.0 Å². The van der Waals surface area contributed by atoms with Gasteiger partial charge in [-0.05, 0) is 31.1 Å². The topological polar surface area (TPSA) is 47.6 Å². The number of hydrogen-bond donors (Lipinski definition) is 1. The van der Waals surface area contributed by atoms with Crippen LogP contribution >= 0.6 is 0 Å². The molecule has 0 saturated heterocycles. The third-order valence-corrected chi connectivity index (χ3v) is 4.00. The summed E-state index contributed by atoms with van der Waals surface area (Å²) in [6, 6.07) is 0. The van der Waals surface area contributed by atoms with E-state index >= 15 is 0 Å². The number of rotatable bonds is 7. The van der Waals surface area contributed by atoms with Crippen molar-refractivity contribution in [3.05, 3.63) is 0 Å². The Morgan fingerprint density at radius 1 is 1.42 bits per heavy atom. The second kappa shape index (κ2) is 7.85. The minimum atomic E-state index is -0.495. The van der Waals surface area contributed by atoms with Crippen molar-refractivity contribution in [1.82, 2.24) is 5.32 Å². The molecule has 0 aliphatic heterocycles. The summed E-state index contributed by atoms with van der Waals surface area (Å²) in [5, 5.41) is 3.39. The molecule has 0 radical (unpaired) electrons. The van der Waals surface area contributed by atoms with Crippen LogP contribution in [0, 0.1) is 11.8 Å². The zero-order chi connectivity index (χ0) is 14.3. The summed E-state index contributed by atoms with van der Waals surface area (Å²) in [5.74, 6) is 1.18. The number of hydrogen-bond acceptors (Lipinski definition) is 4. The molecule has 4 nitrogen and oxygen atoms in total. The summed E-state index contributed by atoms with van der Waals surface area (Å²) in [4.78, 5) is 12.2. The van der Waals surface area contributed by atoms with E-state index in [9.17, 15) is 4.79 Å². The molecule has 1 rings (SSSR count). The highest BCUT2D eigenvalue weighted by Gasteiger charge is 2.43. The van der Waals surface area contributed by atoms with Gasteiger partial charge in [-0.2, -0.15) is 0 Å². The zero-order valence-electron chi connectivity index (χ0n) is 12.8. The summed E-state index contributed by atoms with van der Waals surface area (Å²) in [6.45, 7) is 5.80. The molecule has 1 aliphatic carbocycles. The van der Waals surface area contributed by atoms with Crippen LogP contribution in [0.15, 0.2) is 0 Å². The molecule has 0 bridgehead atoms. The summed E-state index contributed by atoms with van der Waals surface area (Å²) in [7, 11) is 3.16. The van der Waals surface area contributed by atoms with Gasteiger partial charge in [0.2, 0.25) is 0 Å². The normalized spacial score (nSPS) is 27.5. The maximum absolute atomic E-state index is 12.2. The van der Waals surface area contributed by atoms with Crippen LogP contribution < -0.4 is 5.32 Å². The summed E-state index contributed by atoms with van der Waals surface area (Å²) in [6.07, 6.45) is 5.26. The van der Waals surface area contributed by atoms with Crippen molar-refractivity contribution in [1.29, 1.82) is 0 Å². The molecule has 2 unspecified atom stereocenters. The molecule has 0 amide bonds. The van der Waals surface area contributed by atoms with Gasteiger partial charge in [-0.1, -0.05) is 26.7 Å². The lowest BCUT2D eigenvalue weighted by Gasteiger charge is -2.40. The third kappa shape index (κ3) is 4.77. The molecule has 112 valence electrons. The first-order valence-electron chi connectivity index (χ1n) is 7.36. The number of ether oxygens (including phenoxy) is 2. The predicted molar refractivity (Wildman–Crippen MR) is 76.0 cm³/mol. The highest BCUT2D eigenvalue weighted by atomic mass is 16.5. The fourth-order valence-electron chi connectivity index (χ4n) is 3.26. The van der Waals surface area contributed by atoms with E-state index in [0.717, 1.165) is 19.3 Å². The smallest absolute Gasteiger partial charge is 0.326 e. The summed E-state index contributed by atoms with van der Waals surface area (Å²) < 4.78 is 10.1. The van der Waals surface area contributed by atoms with Gasteiger partial charge in [-0.15, -0.1) is 0 Å². The second-order valence-electron chi connectivity index (χ2n) is 6.09. The van der Waals surface area contributed by atoms with Crippen LogP contribution in [0.2, 0.25) is 0 Å². The fraction of sp³-hybridized carbons (Fsp3) is 0.933. The molecular formula is C15H29NO3. The van der Waals surface area contributed by atoms with Gasteiger partial charge in [0, 0.05) is 13.7 Å². The van der Waals surface area contributed by atoms with Crippen LogP contribution in [-0.2, 0) is 14.3 Å². The van der Waals surface area contributed by atoms with Crippen LogP contribution in [0.5, 0.6) is 0 Å². The lowest BCUT2D eigenvalue weighted by atomic mass is 9.73. The number of carbonyl (C=O) groups is 1. The predicted octanol–water partition coefficient (Wildman–Crippen LogP) is 2.37. The van der Waals surface area contributed by atoms with E-state index in [-0.39, 0.29) is 5.97 Å². The van der Waals surface area contributed by atoms with Crippen molar-refractivity contribution in [2.45, 2.75) is 51.5 Å². The Bertz CT molecular complexity index is 281. The van der Waals surface area contributed by atoms with Crippen molar-refractivity contribution >= 4 is 5.97 Å². The van der Waals surface area contributed by atoms with Gasteiger partial charge in [-0.25, -0.2) is 0 Å². The van der Waals surface area contributed by atoms with E-state index in [1.54, 1.807) is 7.11 Å². The Morgan fingerprint density at radius 3 is 2.74 bits per heavy atom. The molecule has 2 atom stereocenters. The van der Waals surface area contributed by atoms with Crippen molar-refractivity contribution in [3.8, 4) is 0 Å². The van der Waals surface area contributed by atoms with Gasteiger partial charge < -0.3 is 9.47 Å². The number of carbonyl (C=O) groups excluding carboxylic acids is 1. The van der Waals surface area contributed by atoms with E-state index in [1.807, 2.05) is 0 Å². The van der Waals surface area contributed by atoms with Crippen molar-refractivity contribution in [3.63, 3.8) is 0 Å². The molecule has 1 fully saturated rings. The Hall–Kier alpha value is -0.610. The third-order valence-electron chi connectivity index (χ3n) is 4.00. The van der Waals surface area contributed by atoms with Crippen molar-refractivity contribution in [2.75, 3.05) is 27.4 Å². The van der Waals surface area contributed by atoms with Gasteiger partial charge in [0.05, 0.1) is 13.7 Å². The lowest BCUT2D eigenvalue weighted by molar-refractivity contribution is -0.151. The largest absolute Gasteiger partial charge is 0.468 e. The molecule has 19 heavy (non-hydrogen) atoms. The molecule has 0 aromatic carbocycles. The molecule has 4 heteroatoms. The first-order valence-corrected chi connectivity index (χ1v) is 7.36. The standard InChI is InChI=1S/C15H29NO3/c1-12(2)10-13-6-5-7-15(11-13,14(17)19-4)16-8-9-18-3/h12-13,16H,5-11H2,1-4H3. The van der Waals surface area contributed by atoms with Crippen LogP contribution in [0.25, 0.3) is 0 Å². The SMILES string of the molecule is COCCNC1(C(=O)OC)CCCC(CC(C)C)C1. The number of methoxy groups -OCH3 is 2. The molecule has 0 heterocycles. The van der Waals surface area contributed by atoms with Crippen molar-refractivity contribution in [2.24, 2.45) is 11.8 Å². The summed E-state index contributed by atoms with van der Waals surface area (Å²) >= 11 is 0. The Labute approximate surface area is 117 Å². The molecular weight excluding hydrogens is 242 g/mol. The Kier molecular flexibility index (Phi) is 6.80. The number of esters is 1. The van der Waals surface area contributed by atoms with Gasteiger partial charge in [0.25, 0.3) is 0 Å². The zero-order valence-corrected chi connectivity index (χ0v) is 12.8. The molecule has 0 aromatic rings. The van der Waals surface area contributed by atoms with Crippen LogP contribution in [0.3, 0.4) is 0 Å². The highest BCUT2D eigenvalue weighted by molar-refractivity contribution is 5.81. The lowest BCUT2D eigenvalue weighted by Crippen LogP contribution is -2.56. The van der Waals surface area contributed by atoms with E-state index in [2.05, 4.69) is 19.2 Å². The minimum absolute atomic E-state index is 0.114. The van der Waals surface area contributed by atoms with Gasteiger partial charge in [0.1, 0.15) is 5.54 Å². The van der Waals surface area contributed by atoms with Gasteiger partial charge in [-0.3, -0.25) is 10.1 Å². The van der Waals surface area contributed by atoms with E-state index in [4.69, 9.17) is 9.47 Å². The fourth-order valence-corrected chi connectivity index (χ4v) is 3.26. The van der Waals surface area contributed by atoms with Gasteiger partial charge in [0.15, 0.2) is 0 Å². The quantitative estimate of drug-likeness (QED) is 0.570. The van der Waals surface area contributed by atoms with E-state index < -0.39 is 5.54 Å². The maximum Gasteiger partial charge on any atom is 0.326 e.